The van der Waals surface area contributed by atoms with Crippen LogP contribution in [0, 0.1) is 12.8 Å². The van der Waals surface area contributed by atoms with Gasteiger partial charge in [-0.1, -0.05) is 25.1 Å². The van der Waals surface area contributed by atoms with Crippen molar-refractivity contribution in [2.75, 3.05) is 11.9 Å². The molecule has 0 radical (unpaired) electrons. The van der Waals surface area contributed by atoms with Gasteiger partial charge in [0.2, 0.25) is 0 Å². The van der Waals surface area contributed by atoms with Crippen molar-refractivity contribution in [3.63, 3.8) is 0 Å². The Hall–Kier alpha value is -2.14. The molecule has 0 unspecified atom stereocenters. The summed E-state index contributed by atoms with van der Waals surface area (Å²) >= 11 is 0. The largest absolute Gasteiger partial charge is 0.396 e. The molecule has 0 fully saturated rings. The number of hydrogen-bond acceptors (Lipinski definition) is 3. The lowest BCUT2D eigenvalue weighted by Gasteiger charge is -2.13. The monoisotopic (exact) mass is 302 g/mol. The van der Waals surface area contributed by atoms with Gasteiger partial charge in [-0.25, -0.2) is 0 Å². The number of nitrogens with one attached hydrogen (secondary N) is 2. The molecule has 0 bridgehead atoms. The maximum atomic E-state index is 11.9. The zero-order valence-electron chi connectivity index (χ0n) is 12.9. The van der Waals surface area contributed by atoms with E-state index in [-0.39, 0.29) is 18.6 Å². The standard InChI is InChI=1S/C17H22N2O3/c1-3-13-9-15(6-4-11(13)2)19-17(22)16(21)18-14-7-5-12(8-14)10-20/h4-7,9,12,14,20H,3,8,10H2,1-2H3,(H,18,21)(H,19,22)/t12-,14+/m0/s1. The highest BCUT2D eigenvalue weighted by molar-refractivity contribution is 6.39. The molecule has 5 heteroatoms. The Morgan fingerprint density at radius 3 is 2.68 bits per heavy atom. The SMILES string of the molecule is CCc1cc(NC(=O)C(=O)N[C@@H]2C=C[C@H](CO)C2)ccc1C. The lowest BCUT2D eigenvalue weighted by molar-refractivity contribution is -0.136. The number of hydrogen-bond donors (Lipinski definition) is 3. The van der Waals surface area contributed by atoms with Crippen LogP contribution in [0.5, 0.6) is 0 Å². The third kappa shape index (κ3) is 3.95. The number of benzene rings is 1. The van der Waals surface area contributed by atoms with Crippen LogP contribution in [0.25, 0.3) is 0 Å². The van der Waals surface area contributed by atoms with E-state index < -0.39 is 11.8 Å². The van der Waals surface area contributed by atoms with Gasteiger partial charge in [-0.05, 0) is 43.0 Å². The Labute approximate surface area is 130 Å². The van der Waals surface area contributed by atoms with Crippen molar-refractivity contribution in [3.05, 3.63) is 41.5 Å². The highest BCUT2D eigenvalue weighted by Crippen LogP contribution is 2.17. The van der Waals surface area contributed by atoms with Crippen LogP contribution in [0.4, 0.5) is 5.69 Å². The number of carbonyl (C=O) groups is 2. The molecule has 0 heterocycles. The van der Waals surface area contributed by atoms with E-state index >= 15 is 0 Å². The zero-order chi connectivity index (χ0) is 16.1. The maximum absolute atomic E-state index is 11.9. The lowest BCUT2D eigenvalue weighted by atomic mass is 10.1. The Morgan fingerprint density at radius 1 is 1.27 bits per heavy atom. The number of rotatable bonds is 4. The number of aliphatic hydroxyl groups is 1. The van der Waals surface area contributed by atoms with Crippen LogP contribution in [-0.2, 0) is 16.0 Å². The first kappa shape index (κ1) is 16.2. The molecule has 5 nitrogen and oxygen atoms in total. The maximum Gasteiger partial charge on any atom is 0.313 e. The average Bonchev–Trinajstić information content (AvgIpc) is 2.96. The molecule has 2 rings (SSSR count). The van der Waals surface area contributed by atoms with E-state index in [2.05, 4.69) is 10.6 Å². The summed E-state index contributed by atoms with van der Waals surface area (Å²) in [6.07, 6.45) is 5.17. The normalized spacial score (nSPS) is 20.0. The highest BCUT2D eigenvalue weighted by atomic mass is 16.3. The van der Waals surface area contributed by atoms with Gasteiger partial charge >= 0.3 is 11.8 Å². The number of amides is 2. The average molecular weight is 302 g/mol. The van der Waals surface area contributed by atoms with Crippen molar-refractivity contribution in [2.24, 2.45) is 5.92 Å². The summed E-state index contributed by atoms with van der Waals surface area (Å²) in [5.74, 6) is -1.28. The Bertz CT molecular complexity index is 596. The predicted octanol–water partition coefficient (Wildman–Crippen LogP) is 1.55. The molecule has 3 N–H and O–H groups in total. The van der Waals surface area contributed by atoms with Gasteiger partial charge in [0, 0.05) is 24.3 Å². The molecule has 0 saturated heterocycles. The van der Waals surface area contributed by atoms with Crippen LogP contribution in [0.15, 0.2) is 30.4 Å². The van der Waals surface area contributed by atoms with Crippen LogP contribution in [0.3, 0.4) is 0 Å². The van der Waals surface area contributed by atoms with Crippen molar-refractivity contribution >= 4 is 17.5 Å². The summed E-state index contributed by atoms with van der Waals surface area (Å²) in [5.41, 5.74) is 2.93. The molecule has 22 heavy (non-hydrogen) atoms. The van der Waals surface area contributed by atoms with Crippen LogP contribution in [-0.4, -0.2) is 29.6 Å². The summed E-state index contributed by atoms with van der Waals surface area (Å²) in [7, 11) is 0. The molecule has 0 aromatic heterocycles. The summed E-state index contributed by atoms with van der Waals surface area (Å²) in [6.45, 7) is 4.12. The second-order valence-corrected chi connectivity index (χ2v) is 5.59. The first-order valence-electron chi connectivity index (χ1n) is 7.54. The van der Waals surface area contributed by atoms with E-state index in [0.717, 1.165) is 17.5 Å². The molecule has 1 aromatic carbocycles. The van der Waals surface area contributed by atoms with E-state index in [1.807, 2.05) is 38.1 Å². The van der Waals surface area contributed by atoms with E-state index in [1.54, 1.807) is 6.07 Å². The third-order valence-corrected chi connectivity index (χ3v) is 3.92. The Morgan fingerprint density at radius 2 is 2.05 bits per heavy atom. The first-order valence-corrected chi connectivity index (χ1v) is 7.54. The minimum Gasteiger partial charge on any atom is -0.396 e. The molecule has 2 atom stereocenters. The van der Waals surface area contributed by atoms with Crippen LogP contribution < -0.4 is 10.6 Å². The van der Waals surface area contributed by atoms with Gasteiger partial charge in [0.15, 0.2) is 0 Å². The Balaban J connectivity index is 1.92. The molecule has 1 aromatic rings. The molecule has 0 spiro atoms. The molecule has 0 aliphatic heterocycles. The zero-order valence-corrected chi connectivity index (χ0v) is 12.9. The van der Waals surface area contributed by atoms with Crippen LogP contribution >= 0.6 is 0 Å². The predicted molar refractivity (Wildman–Crippen MR) is 85.5 cm³/mol. The number of anilines is 1. The minimum absolute atomic E-state index is 0.0533. The summed E-state index contributed by atoms with van der Waals surface area (Å²) in [6, 6.07) is 5.41. The smallest absolute Gasteiger partial charge is 0.313 e. The van der Waals surface area contributed by atoms with Gasteiger partial charge in [0.25, 0.3) is 0 Å². The van der Waals surface area contributed by atoms with Crippen molar-refractivity contribution < 1.29 is 14.7 Å². The quantitative estimate of drug-likeness (QED) is 0.583. The van der Waals surface area contributed by atoms with Crippen LogP contribution in [0.1, 0.15) is 24.5 Å². The van der Waals surface area contributed by atoms with E-state index in [0.29, 0.717) is 12.1 Å². The topological polar surface area (TPSA) is 78.4 Å². The second kappa shape index (κ2) is 7.22. The van der Waals surface area contributed by atoms with Gasteiger partial charge in [-0.3, -0.25) is 9.59 Å². The van der Waals surface area contributed by atoms with E-state index in [9.17, 15) is 9.59 Å². The Kier molecular flexibility index (Phi) is 5.33. The van der Waals surface area contributed by atoms with Gasteiger partial charge in [0.1, 0.15) is 0 Å². The van der Waals surface area contributed by atoms with Gasteiger partial charge in [-0.2, -0.15) is 0 Å². The molecule has 0 saturated carbocycles. The highest BCUT2D eigenvalue weighted by Gasteiger charge is 2.22. The molecule has 1 aliphatic rings. The first-order chi connectivity index (χ1) is 10.5. The summed E-state index contributed by atoms with van der Waals surface area (Å²) < 4.78 is 0. The number of carbonyl (C=O) groups excluding carboxylic acids is 2. The summed E-state index contributed by atoms with van der Waals surface area (Å²) in [4.78, 5) is 23.8. The number of aryl methyl sites for hydroxylation is 2. The molecule has 2 amide bonds. The van der Waals surface area contributed by atoms with Gasteiger partial charge in [0.05, 0.1) is 0 Å². The third-order valence-electron chi connectivity index (χ3n) is 3.92. The second-order valence-electron chi connectivity index (χ2n) is 5.59. The molecular weight excluding hydrogens is 280 g/mol. The fourth-order valence-electron chi connectivity index (χ4n) is 2.57. The molecule has 1 aliphatic carbocycles. The van der Waals surface area contributed by atoms with Crippen molar-refractivity contribution in [1.29, 1.82) is 0 Å². The lowest BCUT2D eigenvalue weighted by Crippen LogP contribution is -2.40. The fraction of sp³-hybridized carbons (Fsp3) is 0.412. The number of aliphatic hydroxyl groups excluding tert-OH is 1. The van der Waals surface area contributed by atoms with Gasteiger partial charge < -0.3 is 15.7 Å². The van der Waals surface area contributed by atoms with Crippen LogP contribution in [0.2, 0.25) is 0 Å². The molecule has 118 valence electrons. The van der Waals surface area contributed by atoms with Crippen molar-refractivity contribution in [3.8, 4) is 0 Å². The summed E-state index contributed by atoms with van der Waals surface area (Å²) in [5, 5.41) is 14.3. The van der Waals surface area contributed by atoms with Crippen molar-refractivity contribution in [1.82, 2.24) is 5.32 Å². The van der Waals surface area contributed by atoms with Crippen molar-refractivity contribution in [2.45, 2.75) is 32.7 Å². The minimum atomic E-state index is -0.674. The van der Waals surface area contributed by atoms with E-state index in [4.69, 9.17) is 5.11 Å². The molecular formula is C17H22N2O3. The van der Waals surface area contributed by atoms with Gasteiger partial charge in [-0.15, -0.1) is 0 Å². The fourth-order valence-corrected chi connectivity index (χ4v) is 2.57. The van der Waals surface area contributed by atoms with E-state index in [1.165, 1.54) is 0 Å².